The Bertz CT molecular complexity index is 760. The van der Waals surface area contributed by atoms with Crippen molar-refractivity contribution < 1.29 is 14.7 Å². The van der Waals surface area contributed by atoms with Gasteiger partial charge in [0.25, 0.3) is 5.91 Å². The van der Waals surface area contributed by atoms with Crippen molar-refractivity contribution in [2.75, 3.05) is 0 Å². The minimum absolute atomic E-state index is 0.336. The number of hydrogen-bond acceptors (Lipinski definition) is 4. The second kappa shape index (κ2) is 5.49. The number of nitrogens with zero attached hydrogens (tertiary/aromatic N) is 3. The molecule has 0 radical (unpaired) electrons. The van der Waals surface area contributed by atoms with Gasteiger partial charge in [-0.05, 0) is 51.3 Å². The van der Waals surface area contributed by atoms with Gasteiger partial charge in [-0.2, -0.15) is 5.10 Å². The molecule has 2 heterocycles. The number of nitrogens with one attached hydrogen (secondary N) is 1. The van der Waals surface area contributed by atoms with E-state index in [9.17, 15) is 14.7 Å². The summed E-state index contributed by atoms with van der Waals surface area (Å²) in [6.45, 7) is 3.82. The highest BCUT2D eigenvalue weighted by Gasteiger charge is 2.45. The second-order valence-electron chi connectivity index (χ2n) is 5.94. The molecule has 1 aliphatic carbocycles. The van der Waals surface area contributed by atoms with Crippen LogP contribution >= 0.6 is 0 Å². The Morgan fingerprint density at radius 3 is 2.48 bits per heavy atom. The minimum atomic E-state index is -1.12. The van der Waals surface area contributed by atoms with Gasteiger partial charge in [0.1, 0.15) is 5.54 Å². The fourth-order valence-electron chi connectivity index (χ4n) is 2.72. The first-order chi connectivity index (χ1) is 10.9. The largest absolute Gasteiger partial charge is 0.480 e. The van der Waals surface area contributed by atoms with E-state index in [0.717, 1.165) is 17.8 Å². The van der Waals surface area contributed by atoms with E-state index >= 15 is 0 Å². The maximum absolute atomic E-state index is 12.2. The molecule has 7 heteroatoms. The Morgan fingerprint density at radius 2 is 2.04 bits per heavy atom. The topological polar surface area (TPSA) is 97.1 Å². The number of aryl methyl sites for hydroxylation is 2. The quantitative estimate of drug-likeness (QED) is 0.894. The van der Waals surface area contributed by atoms with Crippen LogP contribution in [0.25, 0.3) is 5.82 Å². The molecule has 0 aromatic carbocycles. The lowest BCUT2D eigenvalue weighted by molar-refractivity contribution is -0.148. The molecule has 0 bridgehead atoms. The minimum Gasteiger partial charge on any atom is -0.480 e. The lowest BCUT2D eigenvalue weighted by Gasteiger charge is -2.38. The van der Waals surface area contributed by atoms with Crippen LogP contribution in [0.2, 0.25) is 0 Å². The number of carboxylic acids is 1. The molecule has 2 aromatic heterocycles. The summed E-state index contributed by atoms with van der Waals surface area (Å²) in [6.07, 6.45) is 3.17. The van der Waals surface area contributed by atoms with E-state index in [2.05, 4.69) is 15.4 Å². The summed E-state index contributed by atoms with van der Waals surface area (Å²) in [4.78, 5) is 27.8. The zero-order valence-electron chi connectivity index (χ0n) is 13.0. The summed E-state index contributed by atoms with van der Waals surface area (Å²) < 4.78 is 1.70. The molecule has 7 nitrogen and oxygen atoms in total. The average molecular weight is 314 g/mol. The van der Waals surface area contributed by atoms with Crippen molar-refractivity contribution in [2.24, 2.45) is 0 Å². The van der Waals surface area contributed by atoms with Gasteiger partial charge in [-0.25, -0.2) is 14.5 Å². The van der Waals surface area contributed by atoms with E-state index in [1.54, 1.807) is 16.8 Å². The van der Waals surface area contributed by atoms with E-state index in [-0.39, 0.29) is 0 Å². The fourth-order valence-corrected chi connectivity index (χ4v) is 2.72. The van der Waals surface area contributed by atoms with E-state index in [1.807, 2.05) is 19.9 Å². The van der Waals surface area contributed by atoms with Crippen molar-refractivity contribution in [3.8, 4) is 5.82 Å². The first-order valence-corrected chi connectivity index (χ1v) is 7.47. The number of carboxylic acid groups (broad SMARTS) is 1. The van der Waals surface area contributed by atoms with Crippen molar-refractivity contribution in [1.82, 2.24) is 20.1 Å². The molecule has 1 fully saturated rings. The van der Waals surface area contributed by atoms with Gasteiger partial charge in [0.2, 0.25) is 0 Å². The number of carbonyl (C=O) groups is 2. The van der Waals surface area contributed by atoms with Gasteiger partial charge in [0.05, 0.1) is 11.3 Å². The summed E-state index contributed by atoms with van der Waals surface area (Å²) in [6, 6.07) is 5.26. The highest BCUT2D eigenvalue weighted by molar-refractivity contribution is 5.98. The lowest BCUT2D eigenvalue weighted by atomic mass is 9.76. The molecular formula is C16H18N4O3. The van der Waals surface area contributed by atoms with Crippen LogP contribution in [0.1, 0.15) is 41.0 Å². The van der Waals surface area contributed by atoms with Gasteiger partial charge in [-0.3, -0.25) is 4.79 Å². The van der Waals surface area contributed by atoms with Crippen LogP contribution in [0.3, 0.4) is 0 Å². The third kappa shape index (κ3) is 2.69. The Morgan fingerprint density at radius 1 is 1.30 bits per heavy atom. The van der Waals surface area contributed by atoms with E-state index in [0.29, 0.717) is 24.2 Å². The number of aromatic nitrogens is 3. The normalized spacial score (nSPS) is 15.7. The standard InChI is InChI=1S/C16H18N4O3/c1-10-8-11(2)20(19-10)13-5-4-12(9-17-13)14(21)18-16(15(22)23)6-3-7-16/h4-5,8-9H,3,6-7H2,1-2H3,(H,18,21)(H,22,23). The molecule has 0 unspecified atom stereocenters. The Hall–Kier alpha value is -2.70. The predicted octanol–water partition coefficient (Wildman–Crippen LogP) is 1.62. The average Bonchev–Trinajstić information content (AvgIpc) is 2.81. The van der Waals surface area contributed by atoms with Crippen LogP contribution in [-0.2, 0) is 4.79 Å². The number of carbonyl (C=O) groups excluding carboxylic acids is 1. The lowest BCUT2D eigenvalue weighted by Crippen LogP contribution is -2.59. The maximum atomic E-state index is 12.2. The Kier molecular flexibility index (Phi) is 3.63. The molecule has 0 spiro atoms. The highest BCUT2D eigenvalue weighted by atomic mass is 16.4. The molecule has 2 aromatic rings. The van der Waals surface area contributed by atoms with Crippen molar-refractivity contribution in [3.05, 3.63) is 41.3 Å². The third-order valence-corrected chi connectivity index (χ3v) is 4.21. The molecule has 0 aliphatic heterocycles. The summed E-state index contributed by atoms with van der Waals surface area (Å²) in [5.74, 6) is -0.785. The zero-order chi connectivity index (χ0) is 16.6. The highest BCUT2D eigenvalue weighted by Crippen LogP contribution is 2.32. The van der Waals surface area contributed by atoms with Gasteiger partial charge in [0.15, 0.2) is 5.82 Å². The van der Waals surface area contributed by atoms with Crippen molar-refractivity contribution in [2.45, 2.75) is 38.6 Å². The molecule has 2 N–H and O–H groups in total. The summed E-state index contributed by atoms with van der Waals surface area (Å²) in [5.41, 5.74) is 1.06. The molecular weight excluding hydrogens is 296 g/mol. The van der Waals surface area contributed by atoms with Crippen molar-refractivity contribution in [1.29, 1.82) is 0 Å². The van der Waals surface area contributed by atoms with Crippen LogP contribution < -0.4 is 5.32 Å². The van der Waals surface area contributed by atoms with Gasteiger partial charge in [-0.1, -0.05) is 0 Å². The number of rotatable bonds is 4. The molecule has 23 heavy (non-hydrogen) atoms. The first-order valence-electron chi connectivity index (χ1n) is 7.47. The summed E-state index contributed by atoms with van der Waals surface area (Å²) in [5, 5.41) is 16.2. The zero-order valence-corrected chi connectivity index (χ0v) is 13.0. The van der Waals surface area contributed by atoms with Crippen molar-refractivity contribution >= 4 is 11.9 Å². The number of hydrogen-bond donors (Lipinski definition) is 2. The maximum Gasteiger partial charge on any atom is 0.329 e. The first kappa shape index (κ1) is 15.2. The Balaban J connectivity index is 1.78. The van der Waals surface area contributed by atoms with Crippen LogP contribution in [0.15, 0.2) is 24.4 Å². The molecule has 1 saturated carbocycles. The van der Waals surface area contributed by atoms with E-state index in [4.69, 9.17) is 0 Å². The SMILES string of the molecule is Cc1cc(C)n(-c2ccc(C(=O)NC3(C(=O)O)CCC3)cn2)n1. The smallest absolute Gasteiger partial charge is 0.329 e. The summed E-state index contributed by atoms with van der Waals surface area (Å²) in [7, 11) is 0. The van der Waals surface area contributed by atoms with Crippen LogP contribution in [0, 0.1) is 13.8 Å². The molecule has 1 amide bonds. The van der Waals surface area contributed by atoms with Crippen molar-refractivity contribution in [3.63, 3.8) is 0 Å². The molecule has 1 aliphatic rings. The van der Waals surface area contributed by atoms with Crippen LogP contribution in [0.4, 0.5) is 0 Å². The molecule has 0 saturated heterocycles. The third-order valence-electron chi connectivity index (χ3n) is 4.21. The fraction of sp³-hybridized carbons (Fsp3) is 0.375. The second-order valence-corrected chi connectivity index (χ2v) is 5.94. The molecule has 3 rings (SSSR count). The van der Waals surface area contributed by atoms with Gasteiger partial charge in [-0.15, -0.1) is 0 Å². The van der Waals surface area contributed by atoms with Gasteiger partial charge in [0, 0.05) is 11.9 Å². The molecule has 0 atom stereocenters. The number of amides is 1. The van der Waals surface area contributed by atoms with E-state index < -0.39 is 17.4 Å². The van der Waals surface area contributed by atoms with Crippen LogP contribution in [-0.4, -0.2) is 37.3 Å². The predicted molar refractivity (Wildman–Crippen MR) is 82.5 cm³/mol. The molecule has 120 valence electrons. The monoisotopic (exact) mass is 314 g/mol. The number of aliphatic carboxylic acids is 1. The number of pyridine rings is 1. The van der Waals surface area contributed by atoms with E-state index in [1.165, 1.54) is 6.20 Å². The Labute approximate surface area is 133 Å². The summed E-state index contributed by atoms with van der Waals surface area (Å²) >= 11 is 0. The van der Waals surface area contributed by atoms with Gasteiger partial charge < -0.3 is 10.4 Å². The van der Waals surface area contributed by atoms with Gasteiger partial charge >= 0.3 is 5.97 Å². The van der Waals surface area contributed by atoms with Crippen LogP contribution in [0.5, 0.6) is 0 Å².